The number of sulfonamides is 1. The van der Waals surface area contributed by atoms with E-state index in [1.54, 1.807) is 35.6 Å². The summed E-state index contributed by atoms with van der Waals surface area (Å²) in [6.45, 7) is 2.65. The second-order valence-corrected chi connectivity index (χ2v) is 8.00. The Labute approximate surface area is 123 Å². The van der Waals surface area contributed by atoms with Crippen molar-refractivity contribution in [3.8, 4) is 0 Å². The molecule has 1 aromatic heterocycles. The van der Waals surface area contributed by atoms with Crippen molar-refractivity contribution in [3.05, 3.63) is 40.3 Å². The maximum Gasteiger partial charge on any atom is 0.242 e. The number of hydrogen-bond acceptors (Lipinski definition) is 5. The van der Waals surface area contributed by atoms with Crippen LogP contribution in [0.3, 0.4) is 0 Å². The molecule has 20 heavy (non-hydrogen) atoms. The van der Waals surface area contributed by atoms with Gasteiger partial charge in [-0.05, 0) is 31.2 Å². The maximum absolute atomic E-state index is 11.9. The summed E-state index contributed by atoms with van der Waals surface area (Å²) in [7, 11) is -0.322. The van der Waals surface area contributed by atoms with Crippen LogP contribution in [0.2, 0.25) is 0 Å². The number of rotatable bonds is 5. The van der Waals surface area contributed by atoms with Crippen LogP contribution in [0.1, 0.15) is 9.88 Å². The molecular formula is C13H17N3O2S2. The Kier molecular flexibility index (Phi) is 4.42. The minimum atomic E-state index is -3.36. The first kappa shape index (κ1) is 15.0. The highest BCUT2D eigenvalue weighted by molar-refractivity contribution is 7.89. The van der Waals surface area contributed by atoms with Gasteiger partial charge >= 0.3 is 0 Å². The molecular weight excluding hydrogens is 294 g/mol. The van der Waals surface area contributed by atoms with Gasteiger partial charge in [-0.15, -0.1) is 11.3 Å². The third kappa shape index (κ3) is 3.36. The van der Waals surface area contributed by atoms with Crippen LogP contribution >= 0.6 is 11.3 Å². The number of nitrogens with one attached hydrogen (secondary N) is 1. The van der Waals surface area contributed by atoms with E-state index in [0.717, 1.165) is 10.7 Å². The Morgan fingerprint density at radius 2 is 1.90 bits per heavy atom. The highest BCUT2D eigenvalue weighted by atomic mass is 32.2. The zero-order chi connectivity index (χ0) is 14.8. The molecule has 0 amide bonds. The summed E-state index contributed by atoms with van der Waals surface area (Å²) in [4.78, 5) is 5.73. The lowest BCUT2D eigenvalue weighted by Gasteiger charge is -2.12. The predicted molar refractivity (Wildman–Crippen MR) is 81.5 cm³/mol. The Morgan fingerprint density at radius 1 is 1.25 bits per heavy atom. The summed E-state index contributed by atoms with van der Waals surface area (Å²) >= 11 is 1.64. The van der Waals surface area contributed by atoms with Gasteiger partial charge in [-0.25, -0.2) is 17.7 Å². The fraction of sp³-hybridized carbons (Fsp3) is 0.308. The summed E-state index contributed by atoms with van der Waals surface area (Å²) in [5.74, 6) is 0. The number of anilines is 1. The zero-order valence-corrected chi connectivity index (χ0v) is 13.3. The first-order valence-corrected chi connectivity index (χ1v) is 8.33. The largest absolute Gasteiger partial charge is 0.379 e. The Morgan fingerprint density at radius 3 is 2.40 bits per heavy atom. The van der Waals surface area contributed by atoms with Gasteiger partial charge in [0.15, 0.2) is 0 Å². The molecule has 0 saturated carbocycles. The van der Waals surface area contributed by atoms with Gasteiger partial charge in [0.2, 0.25) is 10.0 Å². The van der Waals surface area contributed by atoms with Gasteiger partial charge in [0, 0.05) is 30.9 Å². The predicted octanol–water partition coefficient (Wildman–Crippen LogP) is 2.31. The number of aromatic nitrogens is 1. The number of hydrogen-bond donors (Lipinski definition) is 1. The minimum absolute atomic E-state index is 0.290. The van der Waals surface area contributed by atoms with E-state index in [0.29, 0.717) is 6.54 Å². The van der Waals surface area contributed by atoms with E-state index < -0.39 is 10.0 Å². The average molecular weight is 311 g/mol. The first-order valence-electron chi connectivity index (χ1n) is 6.07. The van der Waals surface area contributed by atoms with Crippen LogP contribution in [0.25, 0.3) is 0 Å². The number of benzene rings is 1. The maximum atomic E-state index is 11.9. The van der Waals surface area contributed by atoms with E-state index in [9.17, 15) is 8.42 Å². The quantitative estimate of drug-likeness (QED) is 0.920. The topological polar surface area (TPSA) is 62.3 Å². The first-order chi connectivity index (χ1) is 9.39. The third-order valence-electron chi connectivity index (χ3n) is 2.75. The van der Waals surface area contributed by atoms with Gasteiger partial charge in [-0.2, -0.15) is 0 Å². The van der Waals surface area contributed by atoms with Crippen LogP contribution in [-0.4, -0.2) is 31.8 Å². The molecule has 108 valence electrons. The molecule has 2 aromatic rings. The van der Waals surface area contributed by atoms with Crippen LogP contribution in [0, 0.1) is 6.92 Å². The summed E-state index contributed by atoms with van der Waals surface area (Å²) in [6, 6.07) is 6.73. The molecule has 0 aliphatic carbocycles. The number of nitrogens with zero attached hydrogens (tertiary/aromatic N) is 2. The summed E-state index contributed by atoms with van der Waals surface area (Å²) in [5.41, 5.74) is 0.871. The Bertz CT molecular complexity index is 676. The summed E-state index contributed by atoms with van der Waals surface area (Å²) in [6.07, 6.45) is 1.84. The summed E-state index contributed by atoms with van der Waals surface area (Å²) in [5, 5.41) is 4.23. The van der Waals surface area contributed by atoms with Crippen molar-refractivity contribution < 1.29 is 8.42 Å². The molecule has 0 radical (unpaired) electrons. The molecule has 1 N–H and O–H groups in total. The Hall–Kier alpha value is -1.44. The average Bonchev–Trinajstić information content (AvgIpc) is 2.82. The lowest BCUT2D eigenvalue weighted by molar-refractivity contribution is 0.521. The fourth-order valence-electron chi connectivity index (χ4n) is 1.62. The van der Waals surface area contributed by atoms with Crippen LogP contribution < -0.4 is 5.32 Å². The van der Waals surface area contributed by atoms with Gasteiger partial charge in [0.25, 0.3) is 0 Å². The van der Waals surface area contributed by atoms with E-state index in [1.165, 1.54) is 23.3 Å². The molecule has 0 spiro atoms. The van der Waals surface area contributed by atoms with E-state index in [2.05, 4.69) is 10.3 Å². The molecule has 0 fully saturated rings. The highest BCUT2D eigenvalue weighted by Crippen LogP contribution is 2.18. The molecule has 0 atom stereocenters. The van der Waals surface area contributed by atoms with Crippen molar-refractivity contribution in [1.29, 1.82) is 0 Å². The zero-order valence-electron chi connectivity index (χ0n) is 11.6. The molecule has 0 unspecified atom stereocenters. The molecule has 2 rings (SSSR count). The molecule has 5 nitrogen and oxygen atoms in total. The molecule has 0 bridgehead atoms. The smallest absolute Gasteiger partial charge is 0.242 e. The van der Waals surface area contributed by atoms with E-state index in [4.69, 9.17) is 0 Å². The molecule has 0 aliphatic heterocycles. The van der Waals surface area contributed by atoms with E-state index in [-0.39, 0.29) is 4.90 Å². The van der Waals surface area contributed by atoms with Crippen LogP contribution in [0.4, 0.5) is 5.69 Å². The second-order valence-electron chi connectivity index (χ2n) is 4.53. The van der Waals surface area contributed by atoms with Gasteiger partial charge in [-0.3, -0.25) is 0 Å². The van der Waals surface area contributed by atoms with Crippen LogP contribution in [0.15, 0.2) is 35.4 Å². The number of thiazole rings is 1. The van der Waals surface area contributed by atoms with Crippen molar-refractivity contribution in [3.63, 3.8) is 0 Å². The number of aryl methyl sites for hydroxylation is 1. The Balaban J connectivity index is 2.05. The van der Waals surface area contributed by atoms with E-state index >= 15 is 0 Å². The van der Waals surface area contributed by atoms with Crippen LogP contribution in [-0.2, 0) is 16.6 Å². The molecule has 0 saturated heterocycles. The molecule has 1 aromatic carbocycles. The standard InChI is InChI=1S/C13H17N3O2S2/c1-10-8-15-13(19-10)9-14-11-4-6-12(7-5-11)20(17,18)16(2)3/h4-8,14H,9H2,1-3H3. The molecule has 7 heteroatoms. The third-order valence-corrected chi connectivity index (χ3v) is 5.49. The highest BCUT2D eigenvalue weighted by Gasteiger charge is 2.16. The SMILES string of the molecule is Cc1cnc(CNc2ccc(S(=O)(=O)N(C)C)cc2)s1. The summed E-state index contributed by atoms with van der Waals surface area (Å²) < 4.78 is 25.0. The second kappa shape index (κ2) is 5.90. The minimum Gasteiger partial charge on any atom is -0.379 e. The van der Waals surface area contributed by atoms with Crippen molar-refractivity contribution in [2.24, 2.45) is 0 Å². The molecule has 1 heterocycles. The monoisotopic (exact) mass is 311 g/mol. The van der Waals surface area contributed by atoms with Gasteiger partial charge < -0.3 is 5.32 Å². The lowest BCUT2D eigenvalue weighted by atomic mass is 10.3. The van der Waals surface area contributed by atoms with Crippen molar-refractivity contribution >= 4 is 27.0 Å². The van der Waals surface area contributed by atoms with Gasteiger partial charge in [-0.1, -0.05) is 0 Å². The van der Waals surface area contributed by atoms with Crippen LogP contribution in [0.5, 0.6) is 0 Å². The molecule has 0 aliphatic rings. The van der Waals surface area contributed by atoms with Crippen molar-refractivity contribution in [2.75, 3.05) is 19.4 Å². The lowest BCUT2D eigenvalue weighted by Crippen LogP contribution is -2.22. The van der Waals surface area contributed by atoms with Crippen molar-refractivity contribution in [2.45, 2.75) is 18.4 Å². The normalized spacial score (nSPS) is 11.8. The van der Waals surface area contributed by atoms with Gasteiger partial charge in [0.1, 0.15) is 5.01 Å². The van der Waals surface area contributed by atoms with Gasteiger partial charge in [0.05, 0.1) is 11.4 Å². The van der Waals surface area contributed by atoms with Crippen molar-refractivity contribution in [1.82, 2.24) is 9.29 Å². The fourth-order valence-corrected chi connectivity index (χ4v) is 3.24. The van der Waals surface area contributed by atoms with E-state index in [1.807, 2.05) is 13.1 Å².